The highest BCUT2D eigenvalue weighted by Gasteiger charge is 2.66. The van der Waals surface area contributed by atoms with Crippen LogP contribution < -0.4 is 23.7 Å². The number of allylic oxidation sites excluding steroid dienone is 1. The van der Waals surface area contributed by atoms with Crippen molar-refractivity contribution in [2.75, 3.05) is 46.9 Å². The second kappa shape index (κ2) is 25.4. The van der Waals surface area contributed by atoms with Gasteiger partial charge in [0, 0.05) is 37.7 Å². The quantitative estimate of drug-likeness (QED) is 0.0232. The van der Waals surface area contributed by atoms with Crippen LogP contribution in [0, 0.1) is 17.8 Å². The maximum atomic E-state index is 15.2. The lowest BCUT2D eigenvalue weighted by Crippen LogP contribution is -2.70. The average molecular weight is 1020 g/mol. The second-order valence-corrected chi connectivity index (χ2v) is 19.1. The van der Waals surface area contributed by atoms with E-state index in [4.69, 9.17) is 47.9 Å². The number of carbonyl (C=O) groups excluding carboxylic acids is 2. The van der Waals surface area contributed by atoms with Crippen molar-refractivity contribution in [3.05, 3.63) is 167 Å². The van der Waals surface area contributed by atoms with Crippen LogP contribution in [0.25, 0.3) is 0 Å². The highest BCUT2D eigenvalue weighted by atomic mass is 16.7. The molecule has 0 saturated heterocycles. The highest BCUT2D eigenvalue weighted by molar-refractivity contribution is 6.03. The highest BCUT2D eigenvalue weighted by Crippen LogP contribution is 2.62. The summed E-state index contributed by atoms with van der Waals surface area (Å²) in [5, 5.41) is 25.2. The van der Waals surface area contributed by atoms with Gasteiger partial charge in [-0.05, 0) is 108 Å². The van der Waals surface area contributed by atoms with E-state index in [0.717, 1.165) is 59.8 Å². The Morgan fingerprint density at radius 1 is 0.813 bits per heavy atom. The summed E-state index contributed by atoms with van der Waals surface area (Å²) in [4.78, 5) is 35.3. The fourth-order valence-electron chi connectivity index (χ4n) is 11.0. The number of ether oxygens (including phenoxy) is 8. The maximum absolute atomic E-state index is 15.2. The number of unbranched alkanes of at least 4 members (excludes halogenated alkanes) is 2. The van der Waals surface area contributed by atoms with Gasteiger partial charge in [-0.15, -0.1) is 6.58 Å². The van der Waals surface area contributed by atoms with Gasteiger partial charge in [0.05, 0.1) is 44.1 Å². The van der Waals surface area contributed by atoms with Crippen LogP contribution in [-0.2, 0) is 38.8 Å². The fourth-order valence-corrected chi connectivity index (χ4v) is 11.0. The SMILES string of the molecule is C=CCOC12Oc3ccc(Oc4ccc(OC)c(C=O)c4)cc3C3C(CCCCO)C(CCCCO)C=C(C(=NOCc4ccccc4)CC1N(Cc1ccc4c(c1)OCO4)C(=O)OCCOCc1ccccc1)C32. The van der Waals surface area contributed by atoms with Crippen molar-refractivity contribution in [2.45, 2.75) is 82.5 Å². The van der Waals surface area contributed by atoms with E-state index in [1.165, 1.54) is 7.11 Å². The van der Waals surface area contributed by atoms with Crippen LogP contribution in [0.2, 0.25) is 0 Å². The lowest BCUT2D eigenvalue weighted by Gasteiger charge is -2.59. The van der Waals surface area contributed by atoms with Gasteiger partial charge in [0.15, 0.2) is 17.8 Å². The summed E-state index contributed by atoms with van der Waals surface area (Å²) in [6.45, 7) is 5.04. The Balaban J connectivity index is 1.19. The molecular formula is C60H66N2O13. The summed E-state index contributed by atoms with van der Waals surface area (Å²) in [5.74, 6) is 0.448. The number of hydrogen-bond acceptors (Lipinski definition) is 14. The number of nitrogens with zero attached hydrogens (tertiary/aromatic N) is 2. The summed E-state index contributed by atoms with van der Waals surface area (Å²) in [6, 6.07) is 35.1. The number of fused-ring (bicyclic) bond motifs is 3. The molecule has 1 fully saturated rings. The molecule has 394 valence electrons. The lowest BCUT2D eigenvalue weighted by atomic mass is 9.55. The second-order valence-electron chi connectivity index (χ2n) is 19.1. The molecule has 5 aromatic carbocycles. The molecule has 9 rings (SSSR count). The molecule has 0 spiro atoms. The molecule has 2 aliphatic carbocycles. The van der Waals surface area contributed by atoms with Crippen molar-refractivity contribution >= 4 is 18.1 Å². The Kier molecular flexibility index (Phi) is 17.8. The van der Waals surface area contributed by atoms with Crippen LogP contribution in [0.15, 0.2) is 145 Å². The predicted octanol–water partition coefficient (Wildman–Crippen LogP) is 10.7. The lowest BCUT2D eigenvalue weighted by molar-refractivity contribution is -0.256. The molecule has 0 aromatic heterocycles. The van der Waals surface area contributed by atoms with E-state index in [9.17, 15) is 15.0 Å². The van der Waals surface area contributed by atoms with Crippen molar-refractivity contribution in [2.24, 2.45) is 22.9 Å². The van der Waals surface area contributed by atoms with Crippen LogP contribution in [0.3, 0.4) is 0 Å². The summed E-state index contributed by atoms with van der Waals surface area (Å²) in [5.41, 5.74) is 5.37. The third-order valence-corrected chi connectivity index (χ3v) is 14.4. The van der Waals surface area contributed by atoms with Gasteiger partial charge in [-0.2, -0.15) is 0 Å². The number of carbonyl (C=O) groups is 2. The molecule has 2 heterocycles. The fraction of sp³-hybridized carbons (Fsp3) is 0.383. The number of hydrogen-bond donors (Lipinski definition) is 2. The Hall–Kier alpha value is -7.17. The van der Waals surface area contributed by atoms with Crippen LogP contribution in [-0.4, -0.2) is 92.0 Å². The molecule has 15 nitrogen and oxygen atoms in total. The zero-order valence-corrected chi connectivity index (χ0v) is 42.4. The number of oxime groups is 1. The summed E-state index contributed by atoms with van der Waals surface area (Å²) < 4.78 is 50.4. The first-order valence-electron chi connectivity index (χ1n) is 25.8. The predicted molar refractivity (Wildman–Crippen MR) is 280 cm³/mol. The van der Waals surface area contributed by atoms with E-state index in [2.05, 4.69) is 12.7 Å². The molecular weight excluding hydrogens is 957 g/mol. The van der Waals surface area contributed by atoms with E-state index in [0.29, 0.717) is 65.2 Å². The zero-order chi connectivity index (χ0) is 52.0. The Bertz CT molecular complexity index is 2790. The standard InChI is InChI=1S/C60H66N2O13/c1-3-28-72-60-56(62(36-43-20-23-54-55(31-43)71-40-70-54)59(66)69-30-29-68-38-41-14-6-4-7-15-41)35-51(61-73-39-42-16-8-5-9-17-42)49-33-44(18-10-12-26-63)48(19-11-13-27-64)57(58(49)60)50-34-47(22-25-53(50)75-60)74-46-21-24-52(67-2)45(32-46)37-65/h3-9,14-17,20-25,31-34,37,44,48,56-58,63-64H,1,10-13,18-19,26-30,35-36,38-40H2,2H3. The van der Waals surface area contributed by atoms with Crippen LogP contribution in [0.1, 0.15) is 83.5 Å². The Labute approximate surface area is 438 Å². The van der Waals surface area contributed by atoms with Gasteiger partial charge in [0.2, 0.25) is 12.6 Å². The molecule has 2 aliphatic heterocycles. The van der Waals surface area contributed by atoms with Crippen LogP contribution in [0.4, 0.5) is 4.79 Å². The molecule has 1 amide bonds. The Morgan fingerprint density at radius 2 is 1.53 bits per heavy atom. The molecule has 75 heavy (non-hydrogen) atoms. The molecule has 2 N–H and O–H groups in total. The molecule has 4 aliphatic rings. The van der Waals surface area contributed by atoms with Gasteiger partial charge in [0.25, 0.3) is 0 Å². The van der Waals surface area contributed by atoms with Gasteiger partial charge in [-0.1, -0.05) is 96.9 Å². The summed E-state index contributed by atoms with van der Waals surface area (Å²) in [6.07, 6.45) is 8.44. The first-order valence-corrected chi connectivity index (χ1v) is 25.8. The Morgan fingerprint density at radius 3 is 2.28 bits per heavy atom. The first kappa shape index (κ1) is 52.7. The van der Waals surface area contributed by atoms with Crippen molar-refractivity contribution in [3.8, 4) is 34.5 Å². The number of amides is 1. The van der Waals surface area contributed by atoms with E-state index in [1.807, 2.05) is 97.1 Å². The normalized spacial score (nSPS) is 21.5. The maximum Gasteiger partial charge on any atom is 0.410 e. The molecule has 1 saturated carbocycles. The van der Waals surface area contributed by atoms with Gasteiger partial charge in [-0.25, -0.2) is 4.79 Å². The number of aliphatic hydroxyl groups excluding tert-OH is 2. The first-order chi connectivity index (χ1) is 36.9. The smallest absolute Gasteiger partial charge is 0.410 e. The molecule has 5 aromatic rings. The monoisotopic (exact) mass is 1020 g/mol. The third kappa shape index (κ3) is 12.2. The van der Waals surface area contributed by atoms with E-state index in [-0.39, 0.29) is 77.2 Å². The molecule has 0 radical (unpaired) electrons. The summed E-state index contributed by atoms with van der Waals surface area (Å²) >= 11 is 0. The average Bonchev–Trinajstić information content (AvgIpc) is 3.94. The van der Waals surface area contributed by atoms with Crippen molar-refractivity contribution in [1.29, 1.82) is 0 Å². The third-order valence-electron chi connectivity index (χ3n) is 14.4. The van der Waals surface area contributed by atoms with Crippen LogP contribution >= 0.6 is 0 Å². The minimum absolute atomic E-state index is 0.0164. The van der Waals surface area contributed by atoms with Gasteiger partial charge >= 0.3 is 6.09 Å². The molecule has 15 heteroatoms. The zero-order valence-electron chi connectivity index (χ0n) is 42.4. The summed E-state index contributed by atoms with van der Waals surface area (Å²) in [7, 11) is 1.51. The topological polar surface area (TPSA) is 173 Å². The van der Waals surface area contributed by atoms with Crippen molar-refractivity contribution in [3.63, 3.8) is 0 Å². The van der Waals surface area contributed by atoms with Gasteiger partial charge < -0.3 is 52.9 Å². The molecule has 6 atom stereocenters. The molecule has 0 bridgehead atoms. The van der Waals surface area contributed by atoms with Crippen molar-refractivity contribution < 1.29 is 62.5 Å². The number of aldehydes is 1. The van der Waals surface area contributed by atoms with E-state index >= 15 is 4.79 Å². The van der Waals surface area contributed by atoms with Gasteiger partial charge in [0.1, 0.15) is 42.3 Å². The minimum Gasteiger partial charge on any atom is -0.496 e. The van der Waals surface area contributed by atoms with Crippen LogP contribution in [0.5, 0.6) is 34.5 Å². The van der Waals surface area contributed by atoms with Gasteiger partial charge in [-0.3, -0.25) is 9.69 Å². The number of benzene rings is 5. The minimum atomic E-state index is -1.59. The van der Waals surface area contributed by atoms with E-state index < -0.39 is 23.8 Å². The largest absolute Gasteiger partial charge is 0.496 e. The van der Waals surface area contributed by atoms with Crippen molar-refractivity contribution in [1.82, 2.24) is 4.90 Å². The number of rotatable bonds is 26. The molecule has 6 unspecified atom stereocenters. The van der Waals surface area contributed by atoms with E-state index in [1.54, 1.807) is 29.2 Å². The number of methoxy groups -OCH3 is 1. The number of aliphatic hydroxyl groups is 2.